The number of likely N-dealkylation sites (tertiary alicyclic amines) is 1. The van der Waals surface area contributed by atoms with E-state index in [1.165, 1.54) is 51.6 Å². The molecule has 2 rings (SSSR count). The molecule has 2 aliphatic rings. The van der Waals surface area contributed by atoms with Crippen LogP contribution in [0.4, 0.5) is 0 Å². The van der Waals surface area contributed by atoms with Crippen molar-refractivity contribution in [2.75, 3.05) is 19.6 Å². The maximum absolute atomic E-state index is 6.27. The first-order chi connectivity index (χ1) is 8.42. The lowest BCUT2D eigenvalue weighted by Crippen LogP contribution is -2.48. The first-order valence-electron chi connectivity index (χ1n) is 7.90. The Bertz CT molecular complexity index is 250. The first kappa shape index (κ1) is 14.3. The SMILES string of the molecule is CC(C)(C)CC1CC(N)CN(CC2CCCC2)C1. The highest BCUT2D eigenvalue weighted by Gasteiger charge is 2.29. The molecule has 1 aliphatic carbocycles. The summed E-state index contributed by atoms with van der Waals surface area (Å²) in [6.07, 6.45) is 8.37. The van der Waals surface area contributed by atoms with Gasteiger partial charge in [0.15, 0.2) is 0 Å². The van der Waals surface area contributed by atoms with E-state index in [0.29, 0.717) is 11.5 Å². The third-order valence-corrected chi connectivity index (χ3v) is 4.54. The Balaban J connectivity index is 1.83. The van der Waals surface area contributed by atoms with Gasteiger partial charge in [0.2, 0.25) is 0 Å². The Kier molecular flexibility index (Phi) is 4.71. The molecule has 2 atom stereocenters. The zero-order valence-corrected chi connectivity index (χ0v) is 12.6. The van der Waals surface area contributed by atoms with Crippen molar-refractivity contribution in [3.05, 3.63) is 0 Å². The summed E-state index contributed by atoms with van der Waals surface area (Å²) in [6.45, 7) is 10.8. The molecule has 0 aromatic carbocycles. The summed E-state index contributed by atoms with van der Waals surface area (Å²) in [7, 11) is 0. The number of nitrogens with zero attached hydrogens (tertiary/aromatic N) is 1. The van der Waals surface area contributed by atoms with Gasteiger partial charge in [-0.25, -0.2) is 0 Å². The summed E-state index contributed by atoms with van der Waals surface area (Å²) in [5.74, 6) is 1.78. The fourth-order valence-electron chi connectivity index (χ4n) is 4.07. The standard InChI is InChI=1S/C16H32N2/c1-16(2,3)9-14-8-15(17)12-18(11-14)10-13-6-4-5-7-13/h13-15H,4-12,17H2,1-3H3. The predicted molar refractivity (Wildman–Crippen MR) is 78.6 cm³/mol. The number of nitrogens with two attached hydrogens (primary N) is 1. The average Bonchev–Trinajstić information content (AvgIpc) is 2.66. The molecule has 2 nitrogen and oxygen atoms in total. The lowest BCUT2D eigenvalue weighted by atomic mass is 9.80. The van der Waals surface area contributed by atoms with Gasteiger partial charge < -0.3 is 10.6 Å². The van der Waals surface area contributed by atoms with Crippen LogP contribution >= 0.6 is 0 Å². The van der Waals surface area contributed by atoms with Crippen LogP contribution in [0.5, 0.6) is 0 Å². The summed E-state index contributed by atoms with van der Waals surface area (Å²) in [4.78, 5) is 2.67. The van der Waals surface area contributed by atoms with Crippen molar-refractivity contribution >= 4 is 0 Å². The Morgan fingerprint density at radius 3 is 2.33 bits per heavy atom. The fraction of sp³-hybridized carbons (Fsp3) is 1.00. The van der Waals surface area contributed by atoms with Crippen LogP contribution in [0, 0.1) is 17.3 Å². The van der Waals surface area contributed by atoms with Crippen molar-refractivity contribution in [1.29, 1.82) is 0 Å². The van der Waals surface area contributed by atoms with E-state index in [4.69, 9.17) is 5.73 Å². The second-order valence-corrected chi connectivity index (χ2v) is 8.00. The zero-order valence-electron chi connectivity index (χ0n) is 12.6. The Morgan fingerprint density at radius 1 is 1.06 bits per heavy atom. The molecule has 106 valence electrons. The second-order valence-electron chi connectivity index (χ2n) is 8.00. The minimum Gasteiger partial charge on any atom is -0.327 e. The highest BCUT2D eigenvalue weighted by atomic mass is 15.2. The van der Waals surface area contributed by atoms with Gasteiger partial charge in [-0.05, 0) is 42.9 Å². The topological polar surface area (TPSA) is 29.3 Å². The van der Waals surface area contributed by atoms with E-state index in [1.54, 1.807) is 0 Å². The van der Waals surface area contributed by atoms with E-state index in [2.05, 4.69) is 25.7 Å². The van der Waals surface area contributed by atoms with Crippen molar-refractivity contribution < 1.29 is 0 Å². The molecular formula is C16H32N2. The summed E-state index contributed by atoms with van der Waals surface area (Å²) in [5.41, 5.74) is 6.71. The molecular weight excluding hydrogens is 220 g/mol. The molecule has 2 fully saturated rings. The third-order valence-electron chi connectivity index (χ3n) is 4.54. The molecule has 2 heteroatoms. The van der Waals surface area contributed by atoms with E-state index in [0.717, 1.165) is 18.4 Å². The molecule has 0 radical (unpaired) electrons. The highest BCUT2D eigenvalue weighted by Crippen LogP contribution is 2.31. The van der Waals surface area contributed by atoms with Gasteiger partial charge in [-0.3, -0.25) is 0 Å². The van der Waals surface area contributed by atoms with Crippen molar-refractivity contribution in [2.45, 2.75) is 65.3 Å². The largest absolute Gasteiger partial charge is 0.327 e. The zero-order chi connectivity index (χ0) is 13.2. The predicted octanol–water partition coefficient (Wildman–Crippen LogP) is 3.26. The number of hydrogen-bond donors (Lipinski definition) is 1. The summed E-state index contributed by atoms with van der Waals surface area (Å²) in [5, 5.41) is 0. The molecule has 1 aliphatic heterocycles. The van der Waals surface area contributed by atoms with Gasteiger partial charge in [0, 0.05) is 25.7 Å². The molecule has 0 amide bonds. The van der Waals surface area contributed by atoms with Crippen LogP contribution in [-0.2, 0) is 0 Å². The maximum Gasteiger partial charge on any atom is 0.0170 e. The minimum absolute atomic E-state index is 0.410. The molecule has 1 heterocycles. The number of piperidine rings is 1. The van der Waals surface area contributed by atoms with E-state index >= 15 is 0 Å². The maximum atomic E-state index is 6.27. The van der Waals surface area contributed by atoms with Gasteiger partial charge in [-0.1, -0.05) is 33.6 Å². The molecule has 0 spiro atoms. The van der Waals surface area contributed by atoms with Crippen molar-refractivity contribution in [3.8, 4) is 0 Å². The van der Waals surface area contributed by atoms with Crippen molar-refractivity contribution in [1.82, 2.24) is 4.90 Å². The molecule has 0 aromatic rings. The van der Waals surface area contributed by atoms with Crippen LogP contribution in [0.15, 0.2) is 0 Å². The molecule has 18 heavy (non-hydrogen) atoms. The van der Waals surface area contributed by atoms with E-state index in [9.17, 15) is 0 Å². The van der Waals surface area contributed by atoms with Crippen molar-refractivity contribution in [3.63, 3.8) is 0 Å². The van der Waals surface area contributed by atoms with Gasteiger partial charge in [-0.15, -0.1) is 0 Å². The van der Waals surface area contributed by atoms with Crippen molar-refractivity contribution in [2.24, 2.45) is 23.0 Å². The number of hydrogen-bond acceptors (Lipinski definition) is 2. The van der Waals surface area contributed by atoms with Crippen LogP contribution in [-0.4, -0.2) is 30.6 Å². The molecule has 2 N–H and O–H groups in total. The van der Waals surface area contributed by atoms with Crippen LogP contribution in [0.1, 0.15) is 59.3 Å². The van der Waals surface area contributed by atoms with E-state index in [1.807, 2.05) is 0 Å². The first-order valence-corrected chi connectivity index (χ1v) is 7.90. The van der Waals surface area contributed by atoms with Gasteiger partial charge in [0.25, 0.3) is 0 Å². The number of rotatable bonds is 3. The van der Waals surface area contributed by atoms with E-state index in [-0.39, 0.29) is 0 Å². The minimum atomic E-state index is 0.410. The molecule has 1 saturated carbocycles. The lowest BCUT2D eigenvalue weighted by Gasteiger charge is -2.39. The Hall–Kier alpha value is -0.0800. The normalized spacial score (nSPS) is 32.0. The third kappa shape index (κ3) is 4.55. The molecule has 0 aromatic heterocycles. The molecule has 1 saturated heterocycles. The smallest absolute Gasteiger partial charge is 0.0170 e. The Morgan fingerprint density at radius 2 is 1.72 bits per heavy atom. The van der Waals surface area contributed by atoms with Crippen LogP contribution in [0.25, 0.3) is 0 Å². The van der Waals surface area contributed by atoms with Crippen LogP contribution in [0.3, 0.4) is 0 Å². The fourth-order valence-corrected chi connectivity index (χ4v) is 4.07. The molecule has 2 unspecified atom stereocenters. The quantitative estimate of drug-likeness (QED) is 0.835. The van der Waals surface area contributed by atoms with Gasteiger partial charge >= 0.3 is 0 Å². The van der Waals surface area contributed by atoms with Gasteiger partial charge in [-0.2, -0.15) is 0 Å². The lowest BCUT2D eigenvalue weighted by molar-refractivity contribution is 0.112. The average molecular weight is 252 g/mol. The Labute approximate surface area is 113 Å². The van der Waals surface area contributed by atoms with Crippen LogP contribution < -0.4 is 5.73 Å². The van der Waals surface area contributed by atoms with Gasteiger partial charge in [0.05, 0.1) is 0 Å². The summed E-state index contributed by atoms with van der Waals surface area (Å²) < 4.78 is 0. The molecule has 0 bridgehead atoms. The summed E-state index contributed by atoms with van der Waals surface area (Å²) >= 11 is 0. The van der Waals surface area contributed by atoms with Gasteiger partial charge in [0.1, 0.15) is 0 Å². The van der Waals surface area contributed by atoms with E-state index < -0.39 is 0 Å². The second kappa shape index (κ2) is 5.92. The summed E-state index contributed by atoms with van der Waals surface area (Å²) in [6, 6.07) is 0.410. The van der Waals surface area contributed by atoms with Crippen LogP contribution in [0.2, 0.25) is 0 Å². The monoisotopic (exact) mass is 252 g/mol. The highest BCUT2D eigenvalue weighted by molar-refractivity contribution is 4.85.